The second kappa shape index (κ2) is 5.97. The van der Waals surface area contributed by atoms with Crippen LogP contribution >= 0.6 is 0 Å². The molecule has 0 saturated heterocycles. The quantitative estimate of drug-likeness (QED) is 0.570. The van der Waals surface area contributed by atoms with Crippen LogP contribution in [0.15, 0.2) is 43.3 Å². The summed E-state index contributed by atoms with van der Waals surface area (Å²) in [5.74, 6) is 0. The Balaban J connectivity index is 3.20. The van der Waals surface area contributed by atoms with Gasteiger partial charge in [-0.3, -0.25) is 0 Å². The van der Waals surface area contributed by atoms with E-state index in [9.17, 15) is 0 Å². The molecule has 17 heavy (non-hydrogen) atoms. The van der Waals surface area contributed by atoms with Gasteiger partial charge in [0, 0.05) is 0 Å². The summed E-state index contributed by atoms with van der Waals surface area (Å²) in [7, 11) is 0. The minimum atomic E-state index is -1.75. The molecule has 0 N–H and O–H groups in total. The van der Waals surface area contributed by atoms with Crippen LogP contribution in [0.4, 0.5) is 0 Å². The first kappa shape index (κ1) is 15.4. The van der Waals surface area contributed by atoms with Crippen LogP contribution in [0.25, 0.3) is 0 Å². The van der Waals surface area contributed by atoms with E-state index in [0.717, 1.165) is 0 Å². The molecular weight excluding hydrogens is 336 g/mol. The molecule has 0 bridgehead atoms. The van der Waals surface area contributed by atoms with Crippen LogP contribution in [0.5, 0.6) is 0 Å². The second-order valence-electron chi connectivity index (χ2n) is 5.46. The molecule has 1 aliphatic carbocycles. The topological polar surface area (TPSA) is 0 Å². The third-order valence-electron chi connectivity index (χ3n) is 4.20. The fraction of sp³-hybridized carbons (Fsp3) is 0.500. The van der Waals surface area contributed by atoms with Crippen LogP contribution in [0.1, 0.15) is 34.6 Å². The summed E-state index contributed by atoms with van der Waals surface area (Å²) in [6.07, 6.45) is 4.26. The van der Waals surface area contributed by atoms with E-state index in [-0.39, 0.29) is 0 Å². The average Bonchev–Trinajstić information content (AvgIpc) is 2.40. The molecule has 0 spiro atoms. The zero-order valence-electron chi connectivity index (χ0n) is 12.0. The van der Waals surface area contributed by atoms with E-state index < -0.39 is 34.6 Å². The Morgan fingerprint density at radius 2 is 1.47 bits per heavy atom. The van der Waals surface area contributed by atoms with E-state index in [1.807, 2.05) is 0 Å². The third-order valence-corrected chi connectivity index (χ3v) is 14.7. The van der Waals surface area contributed by atoms with Gasteiger partial charge in [0.2, 0.25) is 0 Å². The first-order chi connectivity index (χ1) is 7.87. The SMILES string of the molecule is C=C[CH2][Nd]([CH2]C=C)[C]1=C(C)C(C)=C(C)C1(C)C. The van der Waals surface area contributed by atoms with E-state index >= 15 is 0 Å². The Hall–Kier alpha value is 0.311. The van der Waals surface area contributed by atoms with Crippen molar-refractivity contribution in [3.63, 3.8) is 0 Å². The minimum absolute atomic E-state index is 0.294. The fourth-order valence-electron chi connectivity index (χ4n) is 2.94. The molecule has 93 valence electrons. The summed E-state index contributed by atoms with van der Waals surface area (Å²) in [5.41, 5.74) is 4.97. The predicted octanol–water partition coefficient (Wildman–Crippen LogP) is 5.47. The number of rotatable bonds is 5. The summed E-state index contributed by atoms with van der Waals surface area (Å²) < 4.78 is 4.32. The maximum atomic E-state index is 3.95. The normalized spacial score (nSPS) is 18.6. The van der Waals surface area contributed by atoms with Crippen LogP contribution in [-0.4, -0.2) is 0 Å². The third kappa shape index (κ3) is 2.84. The van der Waals surface area contributed by atoms with Gasteiger partial charge in [-0.05, 0) is 0 Å². The van der Waals surface area contributed by atoms with Crippen molar-refractivity contribution in [2.24, 2.45) is 5.41 Å². The summed E-state index contributed by atoms with van der Waals surface area (Å²) >= 11 is -1.75. The fourth-order valence-corrected chi connectivity index (χ4v) is 12.8. The van der Waals surface area contributed by atoms with E-state index in [2.05, 4.69) is 59.9 Å². The zero-order chi connectivity index (χ0) is 13.2. The van der Waals surface area contributed by atoms with Gasteiger partial charge in [-0.1, -0.05) is 0 Å². The molecule has 0 saturated carbocycles. The molecule has 0 amide bonds. The van der Waals surface area contributed by atoms with E-state index in [4.69, 9.17) is 0 Å². The van der Waals surface area contributed by atoms with Crippen LogP contribution in [0.2, 0.25) is 4.14 Å². The number of allylic oxidation sites excluding steroid dienone is 6. The van der Waals surface area contributed by atoms with Gasteiger partial charge < -0.3 is 0 Å². The van der Waals surface area contributed by atoms with Crippen molar-refractivity contribution < 1.29 is 34.6 Å². The molecule has 0 aromatic carbocycles. The van der Waals surface area contributed by atoms with Gasteiger partial charge in [0.1, 0.15) is 0 Å². The predicted molar refractivity (Wildman–Crippen MR) is 74.9 cm³/mol. The Bertz CT molecular complexity index is 384. The van der Waals surface area contributed by atoms with Crippen LogP contribution in [-0.2, 0) is 0 Å². The molecule has 1 aliphatic rings. The van der Waals surface area contributed by atoms with Gasteiger partial charge in [-0.15, -0.1) is 0 Å². The molecule has 1 heteroatoms. The van der Waals surface area contributed by atoms with Gasteiger partial charge in [0.15, 0.2) is 0 Å². The monoisotopic (exact) mass is 359 g/mol. The summed E-state index contributed by atoms with van der Waals surface area (Å²) in [6, 6.07) is 0. The molecule has 0 heterocycles. The summed E-state index contributed by atoms with van der Waals surface area (Å²) in [6.45, 7) is 19.6. The van der Waals surface area contributed by atoms with E-state index in [1.54, 1.807) is 12.4 Å². The molecule has 0 nitrogen and oxygen atoms in total. The molecule has 0 aromatic heterocycles. The number of hydrogen-bond acceptors (Lipinski definition) is 0. The first-order valence-corrected chi connectivity index (χ1v) is 12.5. The molecule has 0 aliphatic heterocycles. The van der Waals surface area contributed by atoms with Crippen molar-refractivity contribution >= 4 is 0 Å². The van der Waals surface area contributed by atoms with Gasteiger partial charge >= 0.3 is 122 Å². The first-order valence-electron chi connectivity index (χ1n) is 6.34. The Labute approximate surface area is 121 Å². The molecular formula is C16H25Nd. The second-order valence-corrected chi connectivity index (χ2v) is 13.6. The van der Waals surface area contributed by atoms with Crippen molar-refractivity contribution in [1.82, 2.24) is 0 Å². The zero-order valence-corrected chi connectivity index (χ0v) is 15.2. The maximum absolute atomic E-state index is 3.95. The standard InChI is InChI=1S/C10H15.2C3H5.Nd/c1-7-6-10(4,5)9(3)8(7)2;2*1-3-2;/h1-5H3;2*3H,1-2H2;. The average molecular weight is 362 g/mol. The van der Waals surface area contributed by atoms with Crippen molar-refractivity contribution in [1.29, 1.82) is 0 Å². The van der Waals surface area contributed by atoms with Crippen molar-refractivity contribution in [2.45, 2.75) is 38.8 Å². The van der Waals surface area contributed by atoms with E-state index in [0.29, 0.717) is 5.41 Å². The van der Waals surface area contributed by atoms with E-state index in [1.165, 1.54) is 9.71 Å². The van der Waals surface area contributed by atoms with Gasteiger partial charge in [-0.2, -0.15) is 0 Å². The number of hydrogen-bond donors (Lipinski definition) is 0. The molecule has 0 atom stereocenters. The molecule has 1 rings (SSSR count). The Morgan fingerprint density at radius 3 is 1.76 bits per heavy atom. The van der Waals surface area contributed by atoms with Gasteiger partial charge in [0.05, 0.1) is 0 Å². The van der Waals surface area contributed by atoms with Crippen LogP contribution < -0.4 is 0 Å². The van der Waals surface area contributed by atoms with Crippen molar-refractivity contribution in [3.8, 4) is 0 Å². The molecule has 0 fully saturated rings. The Morgan fingerprint density at radius 1 is 1.00 bits per heavy atom. The Kier molecular flexibility index (Phi) is 5.40. The molecule has 0 unspecified atom stereocenters. The molecule has 0 radical (unpaired) electrons. The van der Waals surface area contributed by atoms with Gasteiger partial charge in [0.25, 0.3) is 0 Å². The van der Waals surface area contributed by atoms with Crippen LogP contribution in [0.3, 0.4) is 0 Å². The van der Waals surface area contributed by atoms with Crippen molar-refractivity contribution in [3.05, 3.63) is 43.3 Å². The van der Waals surface area contributed by atoms with Crippen molar-refractivity contribution in [2.75, 3.05) is 0 Å². The molecule has 0 aromatic rings. The summed E-state index contributed by atoms with van der Waals surface area (Å²) in [4.78, 5) is 0. The van der Waals surface area contributed by atoms with Gasteiger partial charge in [-0.25, -0.2) is 0 Å². The van der Waals surface area contributed by atoms with Crippen LogP contribution in [0, 0.1) is 40.1 Å². The summed E-state index contributed by atoms with van der Waals surface area (Å²) in [5, 5.41) is 0.